The van der Waals surface area contributed by atoms with Gasteiger partial charge in [-0.1, -0.05) is 5.16 Å². The number of hydrogen-bond acceptors (Lipinski definition) is 7. The maximum Gasteiger partial charge on any atom is 0.255 e. The molecule has 0 saturated heterocycles. The first-order chi connectivity index (χ1) is 12.1. The average molecular weight is 338 g/mol. The Hall–Kier alpha value is -3.29. The molecule has 0 radical (unpaired) electrons. The fraction of sp³-hybridized carbons (Fsp3) is 0.235. The molecule has 0 bridgehead atoms. The van der Waals surface area contributed by atoms with Crippen LogP contribution in [-0.2, 0) is 6.54 Å². The van der Waals surface area contributed by atoms with E-state index in [1.165, 1.54) is 0 Å². The molecule has 3 heterocycles. The maximum absolute atomic E-state index is 12.4. The van der Waals surface area contributed by atoms with Crippen molar-refractivity contribution in [2.75, 3.05) is 5.32 Å². The number of aromatic nitrogens is 4. The SMILES string of the molecule is CC(C)Nc1ncccc1C(=O)NCc1nc(-c2ccncc2)no1. The van der Waals surface area contributed by atoms with Crippen LogP contribution in [0.25, 0.3) is 11.4 Å². The molecule has 8 heteroatoms. The lowest BCUT2D eigenvalue weighted by atomic mass is 10.2. The van der Waals surface area contributed by atoms with Gasteiger partial charge in [0.05, 0.1) is 12.1 Å². The molecule has 8 nitrogen and oxygen atoms in total. The number of nitrogens with one attached hydrogen (secondary N) is 2. The van der Waals surface area contributed by atoms with E-state index in [2.05, 4.69) is 30.7 Å². The van der Waals surface area contributed by atoms with E-state index in [0.717, 1.165) is 5.56 Å². The van der Waals surface area contributed by atoms with E-state index in [1.807, 2.05) is 13.8 Å². The van der Waals surface area contributed by atoms with Crippen molar-refractivity contribution in [3.8, 4) is 11.4 Å². The highest BCUT2D eigenvalue weighted by Crippen LogP contribution is 2.15. The molecule has 25 heavy (non-hydrogen) atoms. The predicted octanol–water partition coefficient (Wildman–Crippen LogP) is 2.28. The van der Waals surface area contributed by atoms with E-state index in [4.69, 9.17) is 4.52 Å². The Morgan fingerprint density at radius 2 is 2.00 bits per heavy atom. The minimum atomic E-state index is -0.264. The molecule has 0 aromatic carbocycles. The van der Waals surface area contributed by atoms with Crippen LogP contribution < -0.4 is 10.6 Å². The number of amides is 1. The molecule has 3 aromatic heterocycles. The maximum atomic E-state index is 12.4. The van der Waals surface area contributed by atoms with Crippen molar-refractivity contribution in [2.45, 2.75) is 26.4 Å². The van der Waals surface area contributed by atoms with Gasteiger partial charge in [0.15, 0.2) is 0 Å². The molecule has 0 spiro atoms. The molecule has 0 unspecified atom stereocenters. The van der Waals surface area contributed by atoms with Crippen molar-refractivity contribution in [3.63, 3.8) is 0 Å². The molecule has 128 valence electrons. The van der Waals surface area contributed by atoms with Crippen molar-refractivity contribution < 1.29 is 9.32 Å². The van der Waals surface area contributed by atoms with Gasteiger partial charge in [-0.2, -0.15) is 4.98 Å². The van der Waals surface area contributed by atoms with Gasteiger partial charge >= 0.3 is 0 Å². The Kier molecular flexibility index (Phi) is 4.98. The quantitative estimate of drug-likeness (QED) is 0.710. The van der Waals surface area contributed by atoms with Gasteiger partial charge in [-0.15, -0.1) is 0 Å². The standard InChI is InChI=1S/C17H18N6O2/c1-11(2)21-16-13(4-3-7-19-16)17(24)20-10-14-22-15(23-25-14)12-5-8-18-9-6-12/h3-9,11H,10H2,1-2H3,(H,19,21)(H,20,24). The summed E-state index contributed by atoms with van der Waals surface area (Å²) < 4.78 is 5.17. The molecular weight excluding hydrogens is 320 g/mol. The summed E-state index contributed by atoms with van der Waals surface area (Å²) in [5.41, 5.74) is 1.26. The summed E-state index contributed by atoms with van der Waals surface area (Å²) in [5, 5.41) is 9.82. The lowest BCUT2D eigenvalue weighted by Gasteiger charge is -2.12. The second-order valence-electron chi connectivity index (χ2n) is 5.63. The molecule has 0 aliphatic heterocycles. The summed E-state index contributed by atoms with van der Waals surface area (Å²) in [5.74, 6) is 1.05. The van der Waals surface area contributed by atoms with Gasteiger partial charge in [0, 0.05) is 30.2 Å². The fourth-order valence-corrected chi connectivity index (χ4v) is 2.17. The first-order valence-electron chi connectivity index (χ1n) is 7.86. The van der Waals surface area contributed by atoms with Crippen LogP contribution in [-0.4, -0.2) is 32.1 Å². The minimum absolute atomic E-state index is 0.132. The lowest BCUT2D eigenvalue weighted by Crippen LogP contribution is -2.25. The summed E-state index contributed by atoms with van der Waals surface area (Å²) in [6.45, 7) is 4.10. The van der Waals surface area contributed by atoms with Crippen LogP contribution in [0.4, 0.5) is 5.82 Å². The largest absolute Gasteiger partial charge is 0.367 e. The summed E-state index contributed by atoms with van der Waals surface area (Å²) >= 11 is 0. The Labute approximate surface area is 144 Å². The van der Waals surface area contributed by atoms with Crippen molar-refractivity contribution in [2.24, 2.45) is 0 Å². The van der Waals surface area contributed by atoms with Gasteiger partial charge in [0.2, 0.25) is 11.7 Å². The highest BCUT2D eigenvalue weighted by molar-refractivity contribution is 5.98. The zero-order valence-corrected chi connectivity index (χ0v) is 13.9. The topological polar surface area (TPSA) is 106 Å². The van der Waals surface area contributed by atoms with E-state index in [9.17, 15) is 4.79 Å². The van der Waals surface area contributed by atoms with Crippen molar-refractivity contribution in [1.29, 1.82) is 0 Å². The van der Waals surface area contributed by atoms with Gasteiger partial charge in [0.25, 0.3) is 5.91 Å². The smallest absolute Gasteiger partial charge is 0.255 e. The Morgan fingerprint density at radius 1 is 1.20 bits per heavy atom. The normalized spacial score (nSPS) is 10.7. The van der Waals surface area contributed by atoms with Crippen molar-refractivity contribution in [1.82, 2.24) is 25.4 Å². The third-order valence-electron chi connectivity index (χ3n) is 3.28. The van der Waals surface area contributed by atoms with Crippen LogP contribution in [0.15, 0.2) is 47.4 Å². The Balaban J connectivity index is 1.66. The van der Waals surface area contributed by atoms with E-state index < -0.39 is 0 Å². The van der Waals surface area contributed by atoms with Crippen LogP contribution in [0.3, 0.4) is 0 Å². The molecule has 0 saturated carbocycles. The molecule has 0 fully saturated rings. The molecule has 3 aromatic rings. The molecule has 0 aliphatic rings. The van der Waals surface area contributed by atoms with E-state index in [1.54, 1.807) is 42.9 Å². The Bertz CT molecular complexity index is 847. The minimum Gasteiger partial charge on any atom is -0.367 e. The zero-order chi connectivity index (χ0) is 17.6. The number of carbonyl (C=O) groups is 1. The van der Waals surface area contributed by atoms with Gasteiger partial charge in [0.1, 0.15) is 5.82 Å². The molecule has 0 aliphatic carbocycles. The summed E-state index contributed by atoms with van der Waals surface area (Å²) in [6.07, 6.45) is 4.94. The van der Waals surface area contributed by atoms with Gasteiger partial charge < -0.3 is 15.2 Å². The summed E-state index contributed by atoms with van der Waals surface area (Å²) in [6, 6.07) is 7.16. The molecular formula is C17H18N6O2. The average Bonchev–Trinajstić information content (AvgIpc) is 3.09. The number of nitrogens with zero attached hydrogens (tertiary/aromatic N) is 4. The molecule has 2 N–H and O–H groups in total. The molecule has 0 atom stereocenters. The first-order valence-corrected chi connectivity index (χ1v) is 7.86. The first kappa shape index (κ1) is 16.6. The van der Waals surface area contributed by atoms with Crippen molar-refractivity contribution in [3.05, 3.63) is 54.3 Å². The van der Waals surface area contributed by atoms with Gasteiger partial charge in [-0.3, -0.25) is 9.78 Å². The van der Waals surface area contributed by atoms with Crippen LogP contribution >= 0.6 is 0 Å². The number of anilines is 1. The second kappa shape index (κ2) is 7.52. The number of pyridine rings is 2. The number of rotatable bonds is 6. The predicted molar refractivity (Wildman–Crippen MR) is 91.7 cm³/mol. The van der Waals surface area contributed by atoms with Crippen LogP contribution in [0, 0.1) is 0 Å². The lowest BCUT2D eigenvalue weighted by molar-refractivity contribution is 0.0946. The second-order valence-corrected chi connectivity index (χ2v) is 5.63. The highest BCUT2D eigenvalue weighted by Gasteiger charge is 2.14. The molecule has 3 rings (SSSR count). The number of hydrogen-bond donors (Lipinski definition) is 2. The summed E-state index contributed by atoms with van der Waals surface area (Å²) in [4.78, 5) is 24.8. The third-order valence-corrected chi connectivity index (χ3v) is 3.28. The zero-order valence-electron chi connectivity index (χ0n) is 13.9. The van der Waals surface area contributed by atoms with E-state index in [0.29, 0.717) is 23.1 Å². The highest BCUT2D eigenvalue weighted by atomic mass is 16.5. The van der Waals surface area contributed by atoms with Gasteiger partial charge in [-0.25, -0.2) is 4.98 Å². The molecule has 1 amide bonds. The third kappa shape index (κ3) is 4.17. The summed E-state index contributed by atoms with van der Waals surface area (Å²) in [7, 11) is 0. The fourth-order valence-electron chi connectivity index (χ4n) is 2.17. The Morgan fingerprint density at radius 3 is 2.76 bits per heavy atom. The number of carbonyl (C=O) groups excluding carboxylic acids is 1. The van der Waals surface area contributed by atoms with Gasteiger partial charge in [-0.05, 0) is 38.1 Å². The van der Waals surface area contributed by atoms with E-state index in [-0.39, 0.29) is 18.5 Å². The van der Waals surface area contributed by atoms with Crippen LogP contribution in [0.2, 0.25) is 0 Å². The van der Waals surface area contributed by atoms with E-state index >= 15 is 0 Å². The van der Waals surface area contributed by atoms with Crippen molar-refractivity contribution >= 4 is 11.7 Å². The monoisotopic (exact) mass is 338 g/mol. The van der Waals surface area contributed by atoms with Crippen LogP contribution in [0.5, 0.6) is 0 Å². The van der Waals surface area contributed by atoms with Crippen LogP contribution in [0.1, 0.15) is 30.1 Å².